The Morgan fingerprint density at radius 3 is 2.37 bits per heavy atom. The van der Waals surface area contributed by atoms with Crippen molar-refractivity contribution in [2.75, 3.05) is 40.3 Å². The SMILES string of the molecule is COc1ccc(S(=O)(=O)N[C@@H](CC(C)C)C(=O)N2CCN(C)CC2)c(C)c1. The predicted molar refractivity (Wildman–Crippen MR) is 105 cm³/mol. The van der Waals surface area contributed by atoms with Gasteiger partial charge in [-0.15, -0.1) is 0 Å². The fraction of sp³-hybridized carbons (Fsp3) is 0.632. The highest BCUT2D eigenvalue weighted by atomic mass is 32.2. The maximum Gasteiger partial charge on any atom is 0.241 e. The molecule has 0 aliphatic carbocycles. The summed E-state index contributed by atoms with van der Waals surface area (Å²) < 4.78 is 33.7. The standard InChI is InChI=1S/C19H31N3O4S/c1-14(2)12-17(19(23)22-10-8-21(4)9-11-22)20-27(24,25)18-7-6-16(26-5)13-15(18)3/h6-7,13-14,17,20H,8-12H2,1-5H3/t17-/m0/s1. The maximum atomic E-state index is 13.0. The topological polar surface area (TPSA) is 78.9 Å². The Labute approximate surface area is 162 Å². The molecule has 27 heavy (non-hydrogen) atoms. The lowest BCUT2D eigenvalue weighted by Crippen LogP contribution is -2.54. The molecule has 1 atom stereocenters. The van der Waals surface area contributed by atoms with Gasteiger partial charge in [-0.1, -0.05) is 13.8 Å². The van der Waals surface area contributed by atoms with E-state index in [-0.39, 0.29) is 16.7 Å². The van der Waals surface area contributed by atoms with Crippen molar-refractivity contribution < 1.29 is 17.9 Å². The fourth-order valence-electron chi connectivity index (χ4n) is 3.22. The largest absolute Gasteiger partial charge is 0.497 e. The van der Waals surface area contributed by atoms with Crippen molar-refractivity contribution >= 4 is 15.9 Å². The van der Waals surface area contributed by atoms with Gasteiger partial charge in [-0.2, -0.15) is 4.72 Å². The Hall–Kier alpha value is -1.64. The van der Waals surface area contributed by atoms with E-state index >= 15 is 0 Å². The van der Waals surface area contributed by atoms with E-state index in [2.05, 4.69) is 9.62 Å². The molecule has 1 aromatic rings. The number of likely N-dealkylation sites (N-methyl/N-ethyl adjacent to an activating group) is 1. The molecule has 0 radical (unpaired) electrons. The minimum absolute atomic E-state index is 0.147. The first-order chi connectivity index (χ1) is 12.6. The molecule has 0 aromatic heterocycles. The van der Waals surface area contributed by atoms with Crippen molar-refractivity contribution in [1.82, 2.24) is 14.5 Å². The van der Waals surface area contributed by atoms with Crippen LogP contribution in [0.1, 0.15) is 25.8 Å². The highest BCUT2D eigenvalue weighted by Crippen LogP contribution is 2.22. The zero-order valence-electron chi connectivity index (χ0n) is 16.9. The summed E-state index contributed by atoms with van der Waals surface area (Å²) in [4.78, 5) is 17.1. The fourth-order valence-corrected chi connectivity index (χ4v) is 4.65. The number of nitrogens with one attached hydrogen (secondary N) is 1. The molecule has 1 N–H and O–H groups in total. The van der Waals surface area contributed by atoms with E-state index in [0.717, 1.165) is 13.1 Å². The molecule has 0 unspecified atom stereocenters. The number of rotatable bonds is 7. The van der Waals surface area contributed by atoms with Crippen LogP contribution in [0.15, 0.2) is 23.1 Å². The molecule has 1 saturated heterocycles. The van der Waals surface area contributed by atoms with E-state index in [1.807, 2.05) is 20.9 Å². The van der Waals surface area contributed by atoms with Gasteiger partial charge in [0.15, 0.2) is 0 Å². The number of nitrogens with zero attached hydrogens (tertiary/aromatic N) is 2. The molecule has 0 bridgehead atoms. The summed E-state index contributed by atoms with van der Waals surface area (Å²) in [7, 11) is -0.266. The second-order valence-corrected chi connectivity index (χ2v) is 9.25. The molecular weight excluding hydrogens is 366 g/mol. The molecule has 1 aliphatic rings. The van der Waals surface area contributed by atoms with Crippen LogP contribution in [0.2, 0.25) is 0 Å². The highest BCUT2D eigenvalue weighted by Gasteiger charge is 2.31. The van der Waals surface area contributed by atoms with Gasteiger partial charge in [-0.3, -0.25) is 4.79 Å². The molecule has 1 heterocycles. The van der Waals surface area contributed by atoms with Gasteiger partial charge in [-0.25, -0.2) is 8.42 Å². The van der Waals surface area contributed by atoms with Crippen LogP contribution in [0, 0.1) is 12.8 Å². The Bertz CT molecular complexity index is 756. The minimum Gasteiger partial charge on any atom is -0.497 e. The van der Waals surface area contributed by atoms with Gasteiger partial charge >= 0.3 is 0 Å². The summed E-state index contributed by atoms with van der Waals surface area (Å²) in [5.74, 6) is 0.635. The van der Waals surface area contributed by atoms with Crippen LogP contribution in [0.4, 0.5) is 0 Å². The molecule has 1 amide bonds. The molecule has 0 spiro atoms. The number of ether oxygens (including phenoxy) is 1. The Balaban J connectivity index is 2.22. The number of sulfonamides is 1. The summed E-state index contributed by atoms with van der Waals surface area (Å²) in [5, 5.41) is 0. The molecule has 8 heteroatoms. The third-order valence-corrected chi connectivity index (χ3v) is 6.42. The summed E-state index contributed by atoms with van der Waals surface area (Å²) >= 11 is 0. The number of aryl methyl sites for hydroxylation is 1. The summed E-state index contributed by atoms with van der Waals surface area (Å²) in [6.45, 7) is 8.51. The first kappa shape index (κ1) is 21.7. The minimum atomic E-state index is -3.82. The van der Waals surface area contributed by atoms with Gasteiger partial charge < -0.3 is 14.5 Å². The maximum absolute atomic E-state index is 13.0. The van der Waals surface area contributed by atoms with Gasteiger partial charge in [0.1, 0.15) is 11.8 Å². The predicted octanol–water partition coefficient (Wildman–Crippen LogP) is 1.47. The Kier molecular flexibility index (Phi) is 7.25. The Morgan fingerprint density at radius 1 is 1.22 bits per heavy atom. The zero-order valence-corrected chi connectivity index (χ0v) is 17.7. The number of piperazine rings is 1. The van der Waals surface area contributed by atoms with Crippen LogP contribution in [-0.4, -0.2) is 70.5 Å². The first-order valence-corrected chi connectivity index (χ1v) is 10.8. The zero-order chi connectivity index (χ0) is 20.2. The molecule has 0 saturated carbocycles. The van der Waals surface area contributed by atoms with Gasteiger partial charge in [0.2, 0.25) is 15.9 Å². The quantitative estimate of drug-likeness (QED) is 0.754. The molecule has 1 aromatic carbocycles. The lowest BCUT2D eigenvalue weighted by Gasteiger charge is -2.35. The first-order valence-electron chi connectivity index (χ1n) is 9.28. The van der Waals surface area contributed by atoms with Gasteiger partial charge in [0.05, 0.1) is 12.0 Å². The van der Waals surface area contributed by atoms with E-state index in [0.29, 0.717) is 30.8 Å². The molecule has 1 fully saturated rings. The lowest BCUT2D eigenvalue weighted by atomic mass is 10.0. The van der Waals surface area contributed by atoms with Crippen LogP contribution >= 0.6 is 0 Å². The summed E-state index contributed by atoms with van der Waals surface area (Å²) in [6.07, 6.45) is 0.458. The monoisotopic (exact) mass is 397 g/mol. The molecular formula is C19H31N3O4S. The third kappa shape index (κ3) is 5.67. The molecule has 1 aliphatic heterocycles. The number of hydrogen-bond donors (Lipinski definition) is 1. The second kappa shape index (κ2) is 9.03. The van der Waals surface area contributed by atoms with Crippen molar-refractivity contribution in [3.63, 3.8) is 0 Å². The lowest BCUT2D eigenvalue weighted by molar-refractivity contribution is -0.135. The van der Waals surface area contributed by atoms with Crippen LogP contribution < -0.4 is 9.46 Å². The second-order valence-electron chi connectivity index (χ2n) is 7.56. The van der Waals surface area contributed by atoms with Crippen LogP contribution in [0.5, 0.6) is 5.75 Å². The number of amides is 1. The van der Waals surface area contributed by atoms with Crippen molar-refractivity contribution in [2.24, 2.45) is 5.92 Å². The summed E-state index contributed by atoms with van der Waals surface area (Å²) in [6, 6.07) is 4.04. The van der Waals surface area contributed by atoms with Gasteiger partial charge in [-0.05, 0) is 50.1 Å². The molecule has 152 valence electrons. The van der Waals surface area contributed by atoms with E-state index < -0.39 is 16.1 Å². The number of benzene rings is 1. The number of carbonyl (C=O) groups is 1. The average molecular weight is 398 g/mol. The van der Waals surface area contributed by atoms with E-state index in [1.54, 1.807) is 24.0 Å². The summed E-state index contributed by atoms with van der Waals surface area (Å²) in [5.41, 5.74) is 0.581. The Morgan fingerprint density at radius 2 is 1.85 bits per heavy atom. The smallest absolute Gasteiger partial charge is 0.241 e. The van der Waals surface area contributed by atoms with E-state index in [9.17, 15) is 13.2 Å². The van der Waals surface area contributed by atoms with Gasteiger partial charge in [0, 0.05) is 26.2 Å². The van der Waals surface area contributed by atoms with Crippen molar-refractivity contribution in [1.29, 1.82) is 0 Å². The average Bonchev–Trinajstić information content (AvgIpc) is 2.60. The van der Waals surface area contributed by atoms with Crippen LogP contribution in [-0.2, 0) is 14.8 Å². The number of carbonyl (C=O) groups excluding carboxylic acids is 1. The van der Waals surface area contributed by atoms with Crippen LogP contribution in [0.3, 0.4) is 0 Å². The van der Waals surface area contributed by atoms with E-state index in [4.69, 9.17) is 4.74 Å². The van der Waals surface area contributed by atoms with Crippen molar-refractivity contribution in [2.45, 2.75) is 38.1 Å². The third-order valence-electron chi connectivity index (χ3n) is 4.79. The normalized spacial score (nSPS) is 17.2. The van der Waals surface area contributed by atoms with E-state index in [1.165, 1.54) is 13.2 Å². The number of hydrogen-bond acceptors (Lipinski definition) is 5. The molecule has 7 nitrogen and oxygen atoms in total. The van der Waals surface area contributed by atoms with Crippen LogP contribution in [0.25, 0.3) is 0 Å². The number of methoxy groups -OCH3 is 1. The van der Waals surface area contributed by atoms with Crippen molar-refractivity contribution in [3.05, 3.63) is 23.8 Å². The highest BCUT2D eigenvalue weighted by molar-refractivity contribution is 7.89. The molecule has 2 rings (SSSR count). The van der Waals surface area contributed by atoms with Crippen molar-refractivity contribution in [3.8, 4) is 5.75 Å². The van der Waals surface area contributed by atoms with Gasteiger partial charge in [0.25, 0.3) is 0 Å².